The Kier molecular flexibility index (Phi) is 9.24. The highest BCUT2D eigenvalue weighted by Crippen LogP contribution is 2.48. The van der Waals surface area contributed by atoms with Crippen LogP contribution in [0.5, 0.6) is 5.88 Å². The van der Waals surface area contributed by atoms with Crippen LogP contribution in [0.3, 0.4) is 0 Å². The van der Waals surface area contributed by atoms with E-state index in [1.807, 2.05) is 30.5 Å². The Balaban J connectivity index is 1.49. The third-order valence-electron chi connectivity index (χ3n) is 7.14. The van der Waals surface area contributed by atoms with Gasteiger partial charge in [0, 0.05) is 41.4 Å². The molecule has 1 aliphatic carbocycles. The highest BCUT2D eigenvalue weighted by molar-refractivity contribution is 14.1. The number of carbonyl (C=O) groups is 1. The first-order valence-corrected chi connectivity index (χ1v) is 14.0. The van der Waals surface area contributed by atoms with Gasteiger partial charge in [0.2, 0.25) is 11.8 Å². The second kappa shape index (κ2) is 12.2. The van der Waals surface area contributed by atoms with E-state index in [2.05, 4.69) is 58.1 Å². The average Bonchev–Trinajstić information content (AvgIpc) is 2.82. The quantitative estimate of drug-likeness (QED) is 0.335. The Bertz CT molecular complexity index is 1030. The minimum Gasteiger partial charge on any atom is -0.471 e. The molecule has 196 valence electrons. The summed E-state index contributed by atoms with van der Waals surface area (Å²) in [4.78, 5) is 17.0. The summed E-state index contributed by atoms with van der Waals surface area (Å²) < 4.78 is 12.5. The largest absolute Gasteiger partial charge is 0.471 e. The monoisotopic (exact) mass is 607 g/mol. The van der Waals surface area contributed by atoms with Crippen molar-refractivity contribution in [3.8, 4) is 5.88 Å². The fraction of sp³-hybridized carbons (Fsp3) is 0.571. The van der Waals surface area contributed by atoms with E-state index < -0.39 is 12.1 Å². The van der Waals surface area contributed by atoms with Crippen molar-refractivity contribution in [3.63, 3.8) is 0 Å². The zero-order chi connectivity index (χ0) is 25.7. The lowest BCUT2D eigenvalue weighted by atomic mass is 9.73. The third-order valence-corrected chi connectivity index (χ3v) is 7.86. The van der Waals surface area contributed by atoms with E-state index in [1.165, 1.54) is 19.1 Å². The molecular formula is C28H38IN3O4. The van der Waals surface area contributed by atoms with Gasteiger partial charge in [-0.2, -0.15) is 0 Å². The Morgan fingerprint density at radius 1 is 1.25 bits per heavy atom. The van der Waals surface area contributed by atoms with Crippen molar-refractivity contribution in [2.24, 2.45) is 5.92 Å². The molecule has 1 aliphatic heterocycles. The average molecular weight is 608 g/mol. The van der Waals surface area contributed by atoms with Crippen LogP contribution in [0.4, 0.5) is 0 Å². The van der Waals surface area contributed by atoms with E-state index in [0.29, 0.717) is 24.8 Å². The van der Waals surface area contributed by atoms with Gasteiger partial charge in [0.15, 0.2) is 0 Å². The fourth-order valence-electron chi connectivity index (χ4n) is 5.16. The number of ether oxygens (including phenoxy) is 2. The van der Waals surface area contributed by atoms with Gasteiger partial charge >= 0.3 is 0 Å². The topological polar surface area (TPSA) is 92.7 Å². The van der Waals surface area contributed by atoms with Gasteiger partial charge in [-0.1, -0.05) is 26.0 Å². The van der Waals surface area contributed by atoms with Crippen molar-refractivity contribution in [2.45, 2.75) is 76.2 Å². The van der Waals surface area contributed by atoms with Crippen molar-refractivity contribution < 1.29 is 19.4 Å². The minimum absolute atomic E-state index is 0.0382. The molecule has 1 spiro atoms. The van der Waals surface area contributed by atoms with Crippen molar-refractivity contribution >= 4 is 28.5 Å². The molecule has 1 saturated carbocycles. The maximum atomic E-state index is 12.3. The van der Waals surface area contributed by atoms with E-state index in [4.69, 9.17) is 9.47 Å². The number of carbonyl (C=O) groups excluding carboxylic acids is 1. The van der Waals surface area contributed by atoms with E-state index in [0.717, 1.165) is 40.4 Å². The van der Waals surface area contributed by atoms with Crippen molar-refractivity contribution in [3.05, 3.63) is 56.8 Å². The molecule has 8 heteroatoms. The Hall–Kier alpha value is -1.75. The van der Waals surface area contributed by atoms with Crippen LogP contribution >= 0.6 is 22.6 Å². The van der Waals surface area contributed by atoms with Gasteiger partial charge in [-0.25, -0.2) is 4.98 Å². The predicted octanol–water partition coefficient (Wildman–Crippen LogP) is 3.96. The second-order valence-corrected chi connectivity index (χ2v) is 11.9. The standard InChI is InChI=1S/C28H38IN3O4/c1-18(2)11-20-12-22-24(14-28(9-4-10-28)36-27(22)31-15-20)30-16-25(33)23(32-26(34)17-35-3)13-19-5-7-21(29)8-6-19/h5-8,12,15,18,23-25,30,33H,4,9-11,13-14,16-17H2,1-3H3,(H,32,34)/t23-,24-,25+/m0/s1. The summed E-state index contributed by atoms with van der Waals surface area (Å²) in [6.45, 7) is 4.72. The Labute approximate surface area is 227 Å². The molecule has 2 heterocycles. The molecule has 3 N–H and O–H groups in total. The number of aromatic nitrogens is 1. The fourth-order valence-corrected chi connectivity index (χ4v) is 5.52. The van der Waals surface area contributed by atoms with E-state index in [1.54, 1.807) is 0 Å². The number of pyridine rings is 1. The summed E-state index contributed by atoms with van der Waals surface area (Å²) in [7, 11) is 1.49. The highest BCUT2D eigenvalue weighted by atomic mass is 127. The first-order valence-electron chi connectivity index (χ1n) is 12.9. The number of rotatable bonds is 11. The van der Waals surface area contributed by atoms with E-state index in [-0.39, 0.29) is 24.2 Å². The lowest BCUT2D eigenvalue weighted by Crippen LogP contribution is -2.52. The number of hydrogen-bond acceptors (Lipinski definition) is 6. The molecule has 2 aromatic rings. The van der Waals surface area contributed by atoms with Crippen molar-refractivity contribution in [1.29, 1.82) is 0 Å². The molecule has 0 saturated heterocycles. The SMILES string of the molecule is COCC(=O)N[C@@H](Cc1ccc(I)cc1)[C@H](O)CN[C@H]1CC2(CCC2)Oc2ncc(CC(C)C)cc21. The molecule has 0 radical (unpaired) electrons. The van der Waals surface area contributed by atoms with Gasteiger partial charge < -0.3 is 25.2 Å². The van der Waals surface area contributed by atoms with Gasteiger partial charge in [0.05, 0.1) is 12.1 Å². The first-order chi connectivity index (χ1) is 17.3. The van der Waals surface area contributed by atoms with Gasteiger partial charge in [0.1, 0.15) is 12.2 Å². The van der Waals surface area contributed by atoms with Crippen LogP contribution in [0.2, 0.25) is 0 Å². The lowest BCUT2D eigenvalue weighted by molar-refractivity contribution is -0.126. The van der Waals surface area contributed by atoms with Crippen LogP contribution in [-0.4, -0.2) is 54.0 Å². The maximum Gasteiger partial charge on any atom is 0.246 e. The molecule has 4 rings (SSSR count). The number of nitrogens with zero attached hydrogens (tertiary/aromatic N) is 1. The van der Waals surface area contributed by atoms with Crippen molar-refractivity contribution in [1.82, 2.24) is 15.6 Å². The number of halogens is 1. The molecule has 3 atom stereocenters. The molecule has 1 aromatic carbocycles. The Morgan fingerprint density at radius 2 is 2.00 bits per heavy atom. The second-order valence-electron chi connectivity index (χ2n) is 10.6. The number of amides is 1. The molecule has 2 aliphatic rings. The molecular weight excluding hydrogens is 569 g/mol. The number of nitrogens with one attached hydrogen (secondary N) is 2. The van der Waals surface area contributed by atoms with Crippen LogP contribution in [0.15, 0.2) is 36.5 Å². The summed E-state index contributed by atoms with van der Waals surface area (Å²) in [5, 5.41) is 17.8. The van der Waals surface area contributed by atoms with Gasteiger partial charge in [-0.3, -0.25) is 4.79 Å². The van der Waals surface area contributed by atoms with E-state index in [9.17, 15) is 9.90 Å². The predicted molar refractivity (Wildman–Crippen MR) is 148 cm³/mol. The smallest absolute Gasteiger partial charge is 0.246 e. The van der Waals surface area contributed by atoms with Crippen LogP contribution in [0.1, 0.15) is 62.3 Å². The minimum atomic E-state index is -0.777. The maximum absolute atomic E-state index is 12.3. The summed E-state index contributed by atoms with van der Waals surface area (Å²) in [6, 6.07) is 9.95. The number of benzene rings is 1. The molecule has 0 unspecified atom stereocenters. The number of aliphatic hydroxyl groups is 1. The number of methoxy groups -OCH3 is 1. The zero-order valence-corrected chi connectivity index (χ0v) is 23.6. The number of aliphatic hydroxyl groups excluding tert-OH is 1. The van der Waals surface area contributed by atoms with Gasteiger partial charge in [-0.15, -0.1) is 0 Å². The summed E-state index contributed by atoms with van der Waals surface area (Å²) in [5.41, 5.74) is 3.17. The van der Waals surface area contributed by atoms with Crippen LogP contribution in [0, 0.1) is 9.49 Å². The highest BCUT2D eigenvalue weighted by Gasteiger charge is 2.46. The molecule has 1 aromatic heterocycles. The molecule has 0 bridgehead atoms. The summed E-state index contributed by atoms with van der Waals surface area (Å²) >= 11 is 2.27. The first kappa shape index (κ1) is 27.3. The number of fused-ring (bicyclic) bond motifs is 1. The third kappa shape index (κ3) is 6.96. The van der Waals surface area contributed by atoms with Crippen molar-refractivity contribution in [2.75, 3.05) is 20.3 Å². The summed E-state index contributed by atoms with van der Waals surface area (Å²) in [6.07, 6.45) is 6.74. The zero-order valence-electron chi connectivity index (χ0n) is 21.4. The van der Waals surface area contributed by atoms with Crippen LogP contribution < -0.4 is 15.4 Å². The van der Waals surface area contributed by atoms with Gasteiger partial charge in [0.25, 0.3) is 0 Å². The van der Waals surface area contributed by atoms with Crippen LogP contribution in [0.25, 0.3) is 0 Å². The summed E-state index contributed by atoms with van der Waals surface area (Å²) in [5.74, 6) is 1.02. The Morgan fingerprint density at radius 3 is 2.64 bits per heavy atom. The molecule has 36 heavy (non-hydrogen) atoms. The van der Waals surface area contributed by atoms with E-state index >= 15 is 0 Å². The molecule has 1 fully saturated rings. The van der Waals surface area contributed by atoms with Crippen LogP contribution in [-0.2, 0) is 22.4 Å². The molecule has 7 nitrogen and oxygen atoms in total. The molecule has 1 amide bonds. The normalized spacial score (nSPS) is 19.8. The lowest BCUT2D eigenvalue weighted by Gasteiger charge is -2.47. The van der Waals surface area contributed by atoms with Gasteiger partial charge in [-0.05, 0) is 89.9 Å². The number of hydrogen-bond donors (Lipinski definition) is 3.